The molecule has 2 rings (SSSR count). The minimum Gasteiger partial charge on any atom is -0.468 e. The number of amides is 1. The van der Waals surface area contributed by atoms with Crippen LogP contribution in [0, 0.1) is 11.3 Å². The van der Waals surface area contributed by atoms with Crippen molar-refractivity contribution in [2.45, 2.75) is 32.0 Å². The van der Waals surface area contributed by atoms with Crippen molar-refractivity contribution < 1.29 is 22.7 Å². The van der Waals surface area contributed by atoms with E-state index in [9.17, 15) is 18.0 Å². The molecule has 0 radical (unpaired) electrons. The normalized spacial score (nSPS) is 11.0. The standard InChI is InChI=1S/C16H16F3N5O2/c17-16(18,19)11-26-14-5-4-12(8-21-14)15(25)23-13-9-22-24(10-13)7-3-1-2-6-20/h4-5,8-10H,1-3,7,11H2,(H,23,25). The van der Waals surface area contributed by atoms with Crippen LogP contribution in [0.4, 0.5) is 18.9 Å². The minimum absolute atomic E-state index is 0.172. The molecule has 7 nitrogen and oxygen atoms in total. The van der Waals surface area contributed by atoms with E-state index < -0.39 is 18.7 Å². The van der Waals surface area contributed by atoms with Crippen molar-refractivity contribution >= 4 is 11.6 Å². The third kappa shape index (κ3) is 6.43. The quantitative estimate of drug-likeness (QED) is 0.724. The first-order valence-electron chi connectivity index (χ1n) is 7.74. The molecule has 0 aliphatic rings. The Bertz CT molecular complexity index is 765. The van der Waals surface area contributed by atoms with Gasteiger partial charge in [-0.25, -0.2) is 4.98 Å². The average Bonchev–Trinajstić information content (AvgIpc) is 3.04. The van der Waals surface area contributed by atoms with Gasteiger partial charge in [-0.2, -0.15) is 23.5 Å². The zero-order chi connectivity index (χ0) is 19.0. The number of hydrogen-bond donors (Lipinski definition) is 1. The second-order valence-electron chi connectivity index (χ2n) is 5.35. The summed E-state index contributed by atoms with van der Waals surface area (Å²) in [6.07, 6.45) is 1.87. The Morgan fingerprint density at radius 3 is 2.77 bits per heavy atom. The third-order valence-corrected chi connectivity index (χ3v) is 3.20. The van der Waals surface area contributed by atoms with Gasteiger partial charge in [0.05, 0.1) is 23.5 Å². The lowest BCUT2D eigenvalue weighted by molar-refractivity contribution is -0.154. The number of aromatic nitrogens is 3. The van der Waals surface area contributed by atoms with Crippen LogP contribution in [-0.2, 0) is 6.54 Å². The fourth-order valence-corrected chi connectivity index (χ4v) is 1.99. The summed E-state index contributed by atoms with van der Waals surface area (Å²) in [6, 6.07) is 4.58. The first-order valence-corrected chi connectivity index (χ1v) is 7.74. The van der Waals surface area contributed by atoms with Gasteiger partial charge in [-0.05, 0) is 18.9 Å². The monoisotopic (exact) mass is 367 g/mol. The lowest BCUT2D eigenvalue weighted by atomic mass is 10.2. The van der Waals surface area contributed by atoms with E-state index in [1.54, 1.807) is 10.9 Å². The molecule has 2 aromatic heterocycles. The van der Waals surface area contributed by atoms with Crippen molar-refractivity contribution in [2.24, 2.45) is 0 Å². The Morgan fingerprint density at radius 2 is 2.12 bits per heavy atom. The number of ether oxygens (including phenoxy) is 1. The predicted molar refractivity (Wildman–Crippen MR) is 85.4 cm³/mol. The molecule has 26 heavy (non-hydrogen) atoms. The fourth-order valence-electron chi connectivity index (χ4n) is 1.99. The van der Waals surface area contributed by atoms with Crippen molar-refractivity contribution in [3.8, 4) is 11.9 Å². The first-order chi connectivity index (χ1) is 12.4. The van der Waals surface area contributed by atoms with Crippen molar-refractivity contribution in [1.29, 1.82) is 5.26 Å². The maximum atomic E-state index is 12.1. The fraction of sp³-hybridized carbons (Fsp3) is 0.375. The summed E-state index contributed by atoms with van der Waals surface area (Å²) < 4.78 is 42.3. The van der Waals surface area contributed by atoms with Gasteiger partial charge in [0.1, 0.15) is 0 Å². The highest BCUT2D eigenvalue weighted by Crippen LogP contribution is 2.17. The molecule has 0 saturated carbocycles. The van der Waals surface area contributed by atoms with E-state index in [4.69, 9.17) is 5.26 Å². The summed E-state index contributed by atoms with van der Waals surface area (Å²) in [5, 5.41) is 15.2. The highest BCUT2D eigenvalue weighted by Gasteiger charge is 2.28. The summed E-state index contributed by atoms with van der Waals surface area (Å²) in [4.78, 5) is 15.8. The van der Waals surface area contributed by atoms with Crippen LogP contribution >= 0.6 is 0 Å². The SMILES string of the molecule is N#CCCCCn1cc(NC(=O)c2ccc(OCC(F)(F)F)nc2)cn1. The summed E-state index contributed by atoms with van der Waals surface area (Å²) in [5.41, 5.74) is 0.652. The molecule has 0 aromatic carbocycles. The number of carbonyl (C=O) groups is 1. The van der Waals surface area contributed by atoms with E-state index in [1.807, 2.05) is 0 Å². The van der Waals surface area contributed by atoms with Gasteiger partial charge in [0.25, 0.3) is 5.91 Å². The molecule has 1 amide bonds. The number of anilines is 1. The molecule has 2 aromatic rings. The highest BCUT2D eigenvalue weighted by molar-refractivity contribution is 6.03. The molecule has 0 spiro atoms. The summed E-state index contributed by atoms with van der Waals surface area (Å²) in [5.74, 6) is -0.687. The third-order valence-electron chi connectivity index (χ3n) is 3.20. The molecule has 0 bridgehead atoms. The topological polar surface area (TPSA) is 92.8 Å². The number of nitrogens with zero attached hydrogens (tertiary/aromatic N) is 4. The van der Waals surface area contributed by atoms with E-state index in [0.717, 1.165) is 19.0 Å². The van der Waals surface area contributed by atoms with Gasteiger partial charge in [0.15, 0.2) is 6.61 Å². The molecule has 138 valence electrons. The number of pyridine rings is 1. The Labute approximate surface area is 147 Å². The molecule has 0 unspecified atom stereocenters. The highest BCUT2D eigenvalue weighted by atomic mass is 19.4. The van der Waals surface area contributed by atoms with Crippen LogP contribution in [0.3, 0.4) is 0 Å². The van der Waals surface area contributed by atoms with Crippen LogP contribution in [0.1, 0.15) is 29.6 Å². The predicted octanol–water partition coefficient (Wildman–Crippen LogP) is 3.17. The number of rotatable bonds is 8. The number of unbranched alkanes of at least 4 members (excludes halogenated alkanes) is 2. The van der Waals surface area contributed by atoms with Crippen LogP contribution in [-0.4, -0.2) is 33.5 Å². The lowest BCUT2D eigenvalue weighted by Gasteiger charge is -2.08. The van der Waals surface area contributed by atoms with Gasteiger partial charge in [-0.3, -0.25) is 9.48 Å². The lowest BCUT2D eigenvalue weighted by Crippen LogP contribution is -2.19. The van der Waals surface area contributed by atoms with Crippen molar-refractivity contribution in [2.75, 3.05) is 11.9 Å². The molecule has 0 saturated heterocycles. The maximum absolute atomic E-state index is 12.1. The zero-order valence-corrected chi connectivity index (χ0v) is 13.7. The second-order valence-corrected chi connectivity index (χ2v) is 5.35. The number of halogens is 3. The number of aryl methyl sites for hydroxylation is 1. The summed E-state index contributed by atoms with van der Waals surface area (Å²) in [7, 11) is 0. The minimum atomic E-state index is -4.45. The Hall–Kier alpha value is -3.09. The van der Waals surface area contributed by atoms with Gasteiger partial charge < -0.3 is 10.1 Å². The molecule has 2 heterocycles. The Kier molecular flexibility index (Phi) is 6.54. The number of nitriles is 1. The number of alkyl halides is 3. The van der Waals surface area contributed by atoms with Crippen LogP contribution in [0.2, 0.25) is 0 Å². The van der Waals surface area contributed by atoms with Gasteiger partial charge in [-0.15, -0.1) is 0 Å². The summed E-state index contributed by atoms with van der Waals surface area (Å²) in [6.45, 7) is -0.816. The van der Waals surface area contributed by atoms with Crippen LogP contribution in [0.5, 0.6) is 5.88 Å². The smallest absolute Gasteiger partial charge is 0.422 e. The van der Waals surface area contributed by atoms with Crippen molar-refractivity contribution in [3.63, 3.8) is 0 Å². The van der Waals surface area contributed by atoms with Crippen LogP contribution < -0.4 is 10.1 Å². The first kappa shape index (κ1) is 19.2. The molecule has 10 heteroatoms. The van der Waals surface area contributed by atoms with Crippen molar-refractivity contribution in [1.82, 2.24) is 14.8 Å². The van der Waals surface area contributed by atoms with E-state index in [-0.39, 0.29) is 11.4 Å². The van der Waals surface area contributed by atoms with E-state index in [2.05, 4.69) is 26.2 Å². The largest absolute Gasteiger partial charge is 0.468 e. The zero-order valence-electron chi connectivity index (χ0n) is 13.7. The van der Waals surface area contributed by atoms with Crippen LogP contribution in [0.15, 0.2) is 30.7 Å². The van der Waals surface area contributed by atoms with Crippen molar-refractivity contribution in [3.05, 3.63) is 36.3 Å². The molecule has 0 atom stereocenters. The second kappa shape index (κ2) is 8.84. The Balaban J connectivity index is 1.86. The Morgan fingerprint density at radius 1 is 1.31 bits per heavy atom. The van der Waals surface area contributed by atoms with Gasteiger partial charge in [0, 0.05) is 31.4 Å². The number of hydrogen-bond acceptors (Lipinski definition) is 5. The van der Waals surface area contributed by atoms with Gasteiger partial charge in [0.2, 0.25) is 5.88 Å². The van der Waals surface area contributed by atoms with Crippen LogP contribution in [0.25, 0.3) is 0 Å². The average molecular weight is 367 g/mol. The molecule has 0 aliphatic carbocycles. The molecule has 1 N–H and O–H groups in total. The van der Waals surface area contributed by atoms with E-state index in [0.29, 0.717) is 18.7 Å². The number of carbonyl (C=O) groups excluding carboxylic acids is 1. The maximum Gasteiger partial charge on any atom is 0.422 e. The van der Waals surface area contributed by atoms with Gasteiger partial charge in [-0.1, -0.05) is 0 Å². The molecule has 0 fully saturated rings. The molecular formula is C16H16F3N5O2. The molecule has 0 aliphatic heterocycles. The van der Waals surface area contributed by atoms with Gasteiger partial charge >= 0.3 is 6.18 Å². The summed E-state index contributed by atoms with van der Waals surface area (Å²) >= 11 is 0. The van der Waals surface area contributed by atoms with E-state index in [1.165, 1.54) is 18.3 Å². The number of nitrogens with one attached hydrogen (secondary N) is 1. The molecular weight excluding hydrogens is 351 g/mol. The van der Waals surface area contributed by atoms with E-state index >= 15 is 0 Å².